The van der Waals surface area contributed by atoms with Crippen LogP contribution in [0.3, 0.4) is 0 Å². The van der Waals surface area contributed by atoms with Gasteiger partial charge in [-0.3, -0.25) is 0 Å². The van der Waals surface area contributed by atoms with Crippen molar-refractivity contribution >= 4 is 11.8 Å². The number of anilines is 2. The van der Waals surface area contributed by atoms with E-state index in [0.29, 0.717) is 18.0 Å². The van der Waals surface area contributed by atoms with Gasteiger partial charge in [-0.1, -0.05) is 0 Å². The standard InChI is InChI=1S/C16H26N4O2/c1-11-12(2)17-16(19-14-6-4-8-22-10-14)20-15(11)18-13-5-3-7-21-9-13/h13-14H,3-10H2,1-2H3,(H2,17,18,19,20)/t13-,14-/m1/s1. The van der Waals surface area contributed by atoms with Gasteiger partial charge in [-0.05, 0) is 39.5 Å². The van der Waals surface area contributed by atoms with Crippen molar-refractivity contribution in [1.82, 2.24) is 9.97 Å². The summed E-state index contributed by atoms with van der Waals surface area (Å²) in [4.78, 5) is 9.25. The smallest absolute Gasteiger partial charge is 0.225 e. The number of hydrogen-bond acceptors (Lipinski definition) is 6. The SMILES string of the molecule is Cc1nc(N[C@@H]2CCCOC2)nc(N[C@@H]2CCCOC2)c1C. The van der Waals surface area contributed by atoms with Crippen LogP contribution >= 0.6 is 0 Å². The van der Waals surface area contributed by atoms with E-state index in [1.165, 1.54) is 0 Å². The highest BCUT2D eigenvalue weighted by Gasteiger charge is 2.19. The van der Waals surface area contributed by atoms with Crippen LogP contribution in [0, 0.1) is 13.8 Å². The van der Waals surface area contributed by atoms with Gasteiger partial charge in [-0.15, -0.1) is 0 Å². The highest BCUT2D eigenvalue weighted by atomic mass is 16.5. The van der Waals surface area contributed by atoms with Gasteiger partial charge in [0.25, 0.3) is 0 Å². The molecule has 3 rings (SSSR count). The van der Waals surface area contributed by atoms with E-state index in [2.05, 4.69) is 27.5 Å². The molecule has 122 valence electrons. The lowest BCUT2D eigenvalue weighted by Gasteiger charge is -2.26. The molecule has 0 saturated carbocycles. The fourth-order valence-corrected chi connectivity index (χ4v) is 2.92. The van der Waals surface area contributed by atoms with E-state index in [9.17, 15) is 0 Å². The first-order valence-corrected chi connectivity index (χ1v) is 8.26. The molecule has 3 heterocycles. The second-order valence-corrected chi connectivity index (χ2v) is 6.22. The van der Waals surface area contributed by atoms with E-state index in [1.54, 1.807) is 0 Å². The first kappa shape index (κ1) is 15.5. The normalized spacial score (nSPS) is 25.7. The second kappa shape index (κ2) is 7.24. The molecule has 0 aromatic carbocycles. The zero-order chi connectivity index (χ0) is 15.4. The Morgan fingerprint density at radius 3 is 2.14 bits per heavy atom. The Bertz CT molecular complexity index is 497. The second-order valence-electron chi connectivity index (χ2n) is 6.22. The van der Waals surface area contributed by atoms with Crippen molar-refractivity contribution in [1.29, 1.82) is 0 Å². The van der Waals surface area contributed by atoms with E-state index < -0.39 is 0 Å². The minimum Gasteiger partial charge on any atom is -0.379 e. The van der Waals surface area contributed by atoms with Crippen LogP contribution in [0.25, 0.3) is 0 Å². The van der Waals surface area contributed by atoms with Crippen LogP contribution < -0.4 is 10.6 Å². The van der Waals surface area contributed by atoms with Crippen molar-refractivity contribution in [2.45, 2.75) is 51.6 Å². The number of hydrogen-bond donors (Lipinski definition) is 2. The number of rotatable bonds is 4. The number of aromatic nitrogens is 2. The molecule has 1 aromatic heterocycles. The van der Waals surface area contributed by atoms with E-state index in [0.717, 1.165) is 69.2 Å². The molecule has 2 aliphatic rings. The molecule has 0 unspecified atom stereocenters. The van der Waals surface area contributed by atoms with Crippen molar-refractivity contribution in [3.8, 4) is 0 Å². The summed E-state index contributed by atoms with van der Waals surface area (Å²) in [7, 11) is 0. The fraction of sp³-hybridized carbons (Fsp3) is 0.750. The lowest BCUT2D eigenvalue weighted by molar-refractivity contribution is 0.0872. The van der Waals surface area contributed by atoms with E-state index in [4.69, 9.17) is 9.47 Å². The maximum absolute atomic E-state index is 5.54. The van der Waals surface area contributed by atoms with Gasteiger partial charge in [0.05, 0.1) is 25.3 Å². The third-order valence-electron chi connectivity index (χ3n) is 4.38. The van der Waals surface area contributed by atoms with Gasteiger partial charge in [-0.25, -0.2) is 4.98 Å². The highest BCUT2D eigenvalue weighted by Crippen LogP contribution is 2.21. The maximum atomic E-state index is 5.54. The summed E-state index contributed by atoms with van der Waals surface area (Å²) in [5.41, 5.74) is 2.12. The van der Waals surface area contributed by atoms with Crippen LogP contribution in [0.2, 0.25) is 0 Å². The minimum absolute atomic E-state index is 0.307. The van der Waals surface area contributed by atoms with Gasteiger partial charge in [0.2, 0.25) is 5.95 Å². The molecule has 2 saturated heterocycles. The quantitative estimate of drug-likeness (QED) is 0.889. The molecule has 2 N–H and O–H groups in total. The van der Waals surface area contributed by atoms with E-state index in [1.807, 2.05) is 6.92 Å². The summed E-state index contributed by atoms with van der Waals surface area (Å²) in [6.07, 6.45) is 4.43. The number of ether oxygens (including phenoxy) is 2. The molecule has 1 aromatic rings. The highest BCUT2D eigenvalue weighted by molar-refractivity contribution is 5.50. The monoisotopic (exact) mass is 306 g/mol. The van der Waals surface area contributed by atoms with Crippen LogP contribution in [-0.2, 0) is 9.47 Å². The molecule has 2 atom stereocenters. The number of aryl methyl sites for hydroxylation is 1. The zero-order valence-electron chi connectivity index (χ0n) is 13.5. The molecule has 2 aliphatic heterocycles. The summed E-state index contributed by atoms with van der Waals surface area (Å²) in [5.74, 6) is 1.61. The van der Waals surface area contributed by atoms with E-state index in [-0.39, 0.29) is 0 Å². The van der Waals surface area contributed by atoms with Gasteiger partial charge >= 0.3 is 0 Å². The first-order chi connectivity index (χ1) is 10.7. The van der Waals surface area contributed by atoms with Crippen molar-refractivity contribution in [3.63, 3.8) is 0 Å². The average molecular weight is 306 g/mol. The summed E-state index contributed by atoms with van der Waals surface area (Å²) in [6.45, 7) is 7.31. The van der Waals surface area contributed by atoms with Gasteiger partial charge in [0, 0.05) is 24.5 Å². The molecular formula is C16H26N4O2. The number of nitrogens with one attached hydrogen (secondary N) is 2. The molecule has 0 amide bonds. The van der Waals surface area contributed by atoms with Gasteiger partial charge in [-0.2, -0.15) is 4.98 Å². The molecule has 22 heavy (non-hydrogen) atoms. The Morgan fingerprint density at radius 2 is 1.55 bits per heavy atom. The lowest BCUT2D eigenvalue weighted by Crippen LogP contribution is -2.32. The van der Waals surface area contributed by atoms with Crippen LogP contribution in [-0.4, -0.2) is 48.5 Å². The predicted octanol–water partition coefficient (Wildman–Crippen LogP) is 2.28. The summed E-state index contributed by atoms with van der Waals surface area (Å²) in [5, 5.41) is 6.93. The van der Waals surface area contributed by atoms with Crippen LogP contribution in [0.1, 0.15) is 36.9 Å². The summed E-state index contributed by atoms with van der Waals surface area (Å²) < 4.78 is 11.0. The van der Waals surface area contributed by atoms with Crippen molar-refractivity contribution in [2.75, 3.05) is 37.1 Å². The lowest BCUT2D eigenvalue weighted by atomic mass is 10.1. The molecular weight excluding hydrogens is 280 g/mol. The Balaban J connectivity index is 1.70. The van der Waals surface area contributed by atoms with Crippen molar-refractivity contribution in [3.05, 3.63) is 11.3 Å². The fourth-order valence-electron chi connectivity index (χ4n) is 2.92. The summed E-state index contributed by atoms with van der Waals surface area (Å²) in [6, 6.07) is 0.648. The van der Waals surface area contributed by atoms with Crippen LogP contribution in [0.15, 0.2) is 0 Å². The summed E-state index contributed by atoms with van der Waals surface area (Å²) >= 11 is 0. The van der Waals surface area contributed by atoms with E-state index >= 15 is 0 Å². The predicted molar refractivity (Wildman–Crippen MR) is 86.4 cm³/mol. The number of nitrogens with zero attached hydrogens (tertiary/aromatic N) is 2. The zero-order valence-corrected chi connectivity index (χ0v) is 13.5. The molecule has 6 heteroatoms. The Morgan fingerprint density at radius 1 is 0.909 bits per heavy atom. The topological polar surface area (TPSA) is 68.3 Å². The van der Waals surface area contributed by atoms with Gasteiger partial charge in [0.1, 0.15) is 5.82 Å². The van der Waals surface area contributed by atoms with Crippen LogP contribution in [0.4, 0.5) is 11.8 Å². The third-order valence-corrected chi connectivity index (χ3v) is 4.38. The molecule has 0 radical (unpaired) electrons. The van der Waals surface area contributed by atoms with Crippen molar-refractivity contribution in [2.24, 2.45) is 0 Å². The molecule has 0 spiro atoms. The average Bonchev–Trinajstić information content (AvgIpc) is 2.54. The van der Waals surface area contributed by atoms with Crippen LogP contribution in [0.5, 0.6) is 0 Å². The minimum atomic E-state index is 0.307. The Hall–Kier alpha value is -1.40. The Kier molecular flexibility index (Phi) is 5.10. The van der Waals surface area contributed by atoms with Gasteiger partial charge < -0.3 is 20.1 Å². The molecule has 0 aliphatic carbocycles. The van der Waals surface area contributed by atoms with Crippen molar-refractivity contribution < 1.29 is 9.47 Å². The van der Waals surface area contributed by atoms with Gasteiger partial charge in [0.15, 0.2) is 0 Å². The maximum Gasteiger partial charge on any atom is 0.225 e. The first-order valence-electron chi connectivity index (χ1n) is 8.26. The molecule has 0 bridgehead atoms. The Labute approximate surface area is 132 Å². The third kappa shape index (κ3) is 3.87. The largest absolute Gasteiger partial charge is 0.379 e. The molecule has 2 fully saturated rings. The molecule has 6 nitrogen and oxygen atoms in total.